The molecule has 0 saturated heterocycles. The molecule has 0 bridgehead atoms. The summed E-state index contributed by atoms with van der Waals surface area (Å²) in [6, 6.07) is 8.18. The summed E-state index contributed by atoms with van der Waals surface area (Å²) in [5, 5.41) is 4.42. The van der Waals surface area contributed by atoms with Crippen molar-refractivity contribution in [1.82, 2.24) is 10.3 Å². The lowest BCUT2D eigenvalue weighted by molar-refractivity contribution is 0.0688. The molecule has 0 unspecified atom stereocenters. The third-order valence-corrected chi connectivity index (χ3v) is 5.87. The topological polar surface area (TPSA) is 75.4 Å². The minimum Gasteiger partial charge on any atom is -0.382 e. The first kappa shape index (κ1) is 23.7. The number of fused-ring (bicyclic) bond motifs is 1. The lowest BCUT2D eigenvalue weighted by Gasteiger charge is -2.11. The Morgan fingerprint density at radius 3 is 2.81 bits per heavy atom. The third kappa shape index (κ3) is 6.05. The van der Waals surface area contributed by atoms with E-state index in [0.29, 0.717) is 59.4 Å². The second-order valence-electron chi connectivity index (χ2n) is 6.52. The maximum atomic E-state index is 14.9. The number of aromatic amines is 1. The van der Waals surface area contributed by atoms with Crippen molar-refractivity contribution in [3.8, 4) is 0 Å². The van der Waals surface area contributed by atoms with Crippen molar-refractivity contribution < 1.29 is 18.7 Å². The maximum absolute atomic E-state index is 14.9. The monoisotopic (exact) mass is 485 g/mol. The summed E-state index contributed by atoms with van der Waals surface area (Å²) in [4.78, 5) is 15.7. The van der Waals surface area contributed by atoms with Crippen LogP contribution < -0.4 is 10.0 Å². The van der Waals surface area contributed by atoms with E-state index >= 15 is 0 Å². The summed E-state index contributed by atoms with van der Waals surface area (Å²) >= 11 is 13.4. The highest BCUT2D eigenvalue weighted by Gasteiger charge is 2.16. The predicted molar refractivity (Wildman–Crippen MR) is 124 cm³/mol. The Hall–Kier alpha value is -1.97. The van der Waals surface area contributed by atoms with E-state index in [2.05, 4.69) is 15.0 Å². The number of rotatable bonds is 11. The van der Waals surface area contributed by atoms with Gasteiger partial charge in [-0.3, -0.25) is 4.79 Å². The standard InChI is InChI=1S/C21H22Cl2FN3O3S/c1-29-10-11-30-9-3-8-25-21(28)13-4-2-5-17(19(13)24)31-27-16-7-6-14(22)18-15(23)12-26-20(16)18/h2,4-7,12,26-27H,3,8-11H2,1H3,(H,25,28). The van der Waals surface area contributed by atoms with E-state index < -0.39 is 11.7 Å². The largest absolute Gasteiger partial charge is 0.382 e. The first-order valence-corrected chi connectivity index (χ1v) is 11.1. The van der Waals surface area contributed by atoms with Crippen LogP contribution in [0.15, 0.2) is 41.4 Å². The molecular formula is C21H22Cl2FN3O3S. The second-order valence-corrected chi connectivity index (χ2v) is 8.18. The van der Waals surface area contributed by atoms with Crippen molar-refractivity contribution in [2.45, 2.75) is 11.3 Å². The Labute approximate surface area is 193 Å². The fourth-order valence-corrected chi connectivity index (χ4v) is 4.14. The van der Waals surface area contributed by atoms with Gasteiger partial charge in [-0.15, -0.1) is 0 Å². The van der Waals surface area contributed by atoms with Crippen molar-refractivity contribution >= 4 is 57.6 Å². The van der Waals surface area contributed by atoms with Crippen molar-refractivity contribution in [2.75, 3.05) is 38.2 Å². The number of carbonyl (C=O) groups is 1. The zero-order valence-corrected chi connectivity index (χ0v) is 19.1. The summed E-state index contributed by atoms with van der Waals surface area (Å²) in [5.41, 5.74) is 1.39. The maximum Gasteiger partial charge on any atom is 0.254 e. The molecule has 0 aliphatic rings. The molecule has 6 nitrogen and oxygen atoms in total. The highest BCUT2D eigenvalue weighted by Crippen LogP contribution is 2.36. The van der Waals surface area contributed by atoms with E-state index in [9.17, 15) is 9.18 Å². The van der Waals surface area contributed by atoms with Crippen LogP contribution in [0.3, 0.4) is 0 Å². The molecule has 1 heterocycles. The predicted octanol–water partition coefficient (Wildman–Crippen LogP) is 5.52. The number of amides is 1. The third-order valence-electron chi connectivity index (χ3n) is 4.40. The molecule has 0 aliphatic carbocycles. The van der Waals surface area contributed by atoms with Gasteiger partial charge in [0.2, 0.25) is 0 Å². The highest BCUT2D eigenvalue weighted by molar-refractivity contribution is 8.00. The Morgan fingerprint density at radius 1 is 1.16 bits per heavy atom. The van der Waals surface area contributed by atoms with E-state index in [1.54, 1.807) is 37.6 Å². The van der Waals surface area contributed by atoms with Gasteiger partial charge in [-0.25, -0.2) is 4.39 Å². The number of anilines is 1. The number of hydrogen-bond donors (Lipinski definition) is 3. The number of hydrogen-bond acceptors (Lipinski definition) is 5. The molecule has 3 rings (SSSR count). The van der Waals surface area contributed by atoms with Crippen LogP contribution in [0.1, 0.15) is 16.8 Å². The van der Waals surface area contributed by atoms with Crippen LogP contribution in [0.5, 0.6) is 0 Å². The molecule has 3 N–H and O–H groups in total. The van der Waals surface area contributed by atoms with Gasteiger partial charge < -0.3 is 24.5 Å². The lowest BCUT2D eigenvalue weighted by Crippen LogP contribution is -2.26. The molecular weight excluding hydrogens is 464 g/mol. The quantitative estimate of drug-likeness (QED) is 0.246. The molecule has 10 heteroatoms. The first-order chi connectivity index (χ1) is 15.0. The number of H-pyrrole nitrogens is 1. The Morgan fingerprint density at radius 2 is 2.00 bits per heavy atom. The van der Waals surface area contributed by atoms with E-state index in [0.717, 1.165) is 11.9 Å². The van der Waals surface area contributed by atoms with Gasteiger partial charge >= 0.3 is 0 Å². The average molecular weight is 486 g/mol. The molecule has 0 fully saturated rings. The molecule has 1 aromatic heterocycles. The van der Waals surface area contributed by atoms with Crippen LogP contribution >= 0.6 is 35.1 Å². The van der Waals surface area contributed by atoms with E-state index in [1.165, 1.54) is 6.07 Å². The van der Waals surface area contributed by atoms with Crippen LogP contribution in [0.2, 0.25) is 10.0 Å². The van der Waals surface area contributed by atoms with Gasteiger partial charge in [-0.2, -0.15) is 0 Å². The lowest BCUT2D eigenvalue weighted by atomic mass is 10.2. The number of benzene rings is 2. The zero-order valence-electron chi connectivity index (χ0n) is 16.8. The number of ether oxygens (including phenoxy) is 2. The molecule has 0 spiro atoms. The number of halogens is 3. The summed E-state index contributed by atoms with van der Waals surface area (Å²) < 4.78 is 28.2. The van der Waals surface area contributed by atoms with Crippen molar-refractivity contribution in [3.63, 3.8) is 0 Å². The van der Waals surface area contributed by atoms with E-state index in [-0.39, 0.29) is 10.5 Å². The minimum atomic E-state index is -0.594. The second kappa shape index (κ2) is 11.6. The zero-order chi connectivity index (χ0) is 22.2. The van der Waals surface area contributed by atoms with Crippen LogP contribution in [0.25, 0.3) is 10.9 Å². The van der Waals surface area contributed by atoms with Crippen LogP contribution in [-0.2, 0) is 9.47 Å². The molecule has 2 aromatic carbocycles. The van der Waals surface area contributed by atoms with Crippen molar-refractivity contribution in [1.29, 1.82) is 0 Å². The van der Waals surface area contributed by atoms with E-state index in [4.69, 9.17) is 32.7 Å². The normalized spacial score (nSPS) is 11.1. The van der Waals surface area contributed by atoms with Gasteiger partial charge in [0.25, 0.3) is 5.91 Å². The summed E-state index contributed by atoms with van der Waals surface area (Å²) in [5.74, 6) is -1.06. The van der Waals surface area contributed by atoms with Gasteiger partial charge in [0.15, 0.2) is 5.82 Å². The van der Waals surface area contributed by atoms with Gasteiger partial charge in [-0.05, 0) is 42.6 Å². The van der Waals surface area contributed by atoms with Crippen LogP contribution in [0, 0.1) is 5.82 Å². The fraction of sp³-hybridized carbons (Fsp3) is 0.286. The number of methoxy groups -OCH3 is 1. The molecule has 0 saturated carbocycles. The molecule has 1 amide bonds. The fourth-order valence-electron chi connectivity index (χ4n) is 2.84. The summed E-state index contributed by atoms with van der Waals surface area (Å²) in [7, 11) is 1.60. The van der Waals surface area contributed by atoms with E-state index in [1.807, 2.05) is 0 Å². The summed E-state index contributed by atoms with van der Waals surface area (Å²) in [6.45, 7) is 1.90. The average Bonchev–Trinajstić information content (AvgIpc) is 3.16. The number of nitrogens with one attached hydrogen (secondary N) is 3. The molecule has 166 valence electrons. The first-order valence-electron chi connectivity index (χ1n) is 9.54. The highest BCUT2D eigenvalue weighted by atomic mass is 35.5. The number of aromatic nitrogens is 1. The molecule has 3 aromatic rings. The van der Waals surface area contributed by atoms with Crippen LogP contribution in [0.4, 0.5) is 10.1 Å². The molecule has 0 radical (unpaired) electrons. The Kier molecular flexibility index (Phi) is 8.86. The van der Waals surface area contributed by atoms with Gasteiger partial charge in [-0.1, -0.05) is 29.3 Å². The molecule has 0 atom stereocenters. The van der Waals surface area contributed by atoms with Crippen molar-refractivity contribution in [3.05, 3.63) is 58.0 Å². The van der Waals surface area contributed by atoms with Gasteiger partial charge in [0.05, 0.1) is 44.9 Å². The summed E-state index contributed by atoms with van der Waals surface area (Å²) in [6.07, 6.45) is 2.26. The van der Waals surface area contributed by atoms with Gasteiger partial charge in [0.1, 0.15) is 0 Å². The molecule has 31 heavy (non-hydrogen) atoms. The van der Waals surface area contributed by atoms with Crippen molar-refractivity contribution in [2.24, 2.45) is 0 Å². The smallest absolute Gasteiger partial charge is 0.254 e. The molecule has 0 aliphatic heterocycles. The Bertz CT molecular complexity index is 1050. The van der Waals surface area contributed by atoms with Gasteiger partial charge in [0, 0.05) is 31.8 Å². The SMILES string of the molecule is COCCOCCCNC(=O)c1cccc(SNc2ccc(Cl)c3c(Cl)c[nH]c23)c1F. The number of carbonyl (C=O) groups excluding carboxylic acids is 1. The van der Waals surface area contributed by atoms with Crippen LogP contribution in [-0.4, -0.2) is 44.4 Å². The Balaban J connectivity index is 1.60. The minimum absolute atomic E-state index is 0.0173.